The molecule has 0 aliphatic rings. The largest absolute Gasteiger partial charge is 0.399 e. The molecule has 4 heteroatoms. The lowest BCUT2D eigenvalue weighted by molar-refractivity contribution is -0.0652. The Balaban J connectivity index is 1.99. The minimum atomic E-state index is -0.942. The number of allylic oxidation sites excluding steroid dienone is 1. The fraction of sp³-hybridized carbons (Fsp3) is 0.609. The monoisotopic (exact) mass is 375 g/mol. The van der Waals surface area contributed by atoms with E-state index in [1.165, 1.54) is 57.4 Å². The first-order valence-electron chi connectivity index (χ1n) is 10.5. The molecule has 152 valence electrons. The van der Waals surface area contributed by atoms with E-state index in [-0.39, 0.29) is 12.2 Å². The van der Waals surface area contributed by atoms with E-state index in [0.717, 1.165) is 12.8 Å². The van der Waals surface area contributed by atoms with Gasteiger partial charge in [0.15, 0.2) is 12.1 Å². The SMILES string of the molecule is CCCCCCCCCCCCOC(O)C=CCC(=O)c1ccc(N)cc1. The minimum absolute atomic E-state index is 0.00635. The number of hydrogen-bond acceptors (Lipinski definition) is 4. The van der Waals surface area contributed by atoms with Crippen LogP contribution in [0, 0.1) is 0 Å². The first-order valence-corrected chi connectivity index (χ1v) is 10.5. The minimum Gasteiger partial charge on any atom is -0.399 e. The number of benzene rings is 1. The van der Waals surface area contributed by atoms with Crippen molar-refractivity contribution in [3.63, 3.8) is 0 Å². The van der Waals surface area contributed by atoms with E-state index in [0.29, 0.717) is 17.9 Å². The van der Waals surface area contributed by atoms with Gasteiger partial charge in [-0.15, -0.1) is 0 Å². The second kappa shape index (κ2) is 15.4. The van der Waals surface area contributed by atoms with Crippen molar-refractivity contribution in [2.24, 2.45) is 0 Å². The van der Waals surface area contributed by atoms with Crippen molar-refractivity contribution < 1.29 is 14.6 Å². The Labute approximate surface area is 164 Å². The average Bonchev–Trinajstić information content (AvgIpc) is 2.66. The topological polar surface area (TPSA) is 72.5 Å². The summed E-state index contributed by atoms with van der Waals surface area (Å²) in [6.45, 7) is 2.80. The van der Waals surface area contributed by atoms with Gasteiger partial charge in [0.25, 0.3) is 0 Å². The van der Waals surface area contributed by atoms with Crippen LogP contribution in [0.5, 0.6) is 0 Å². The zero-order chi connectivity index (χ0) is 19.7. The zero-order valence-electron chi connectivity index (χ0n) is 16.9. The molecule has 3 N–H and O–H groups in total. The van der Waals surface area contributed by atoms with E-state index in [2.05, 4.69) is 6.92 Å². The van der Waals surface area contributed by atoms with Crippen LogP contribution in [-0.4, -0.2) is 23.8 Å². The van der Waals surface area contributed by atoms with E-state index in [1.807, 2.05) is 0 Å². The number of carbonyl (C=O) groups is 1. The molecule has 0 heterocycles. The number of aliphatic hydroxyl groups excluding tert-OH is 1. The molecular formula is C23H37NO3. The van der Waals surface area contributed by atoms with Crippen LogP contribution in [0.25, 0.3) is 0 Å². The van der Waals surface area contributed by atoms with Gasteiger partial charge in [0.2, 0.25) is 0 Å². The average molecular weight is 376 g/mol. The molecule has 27 heavy (non-hydrogen) atoms. The van der Waals surface area contributed by atoms with Crippen molar-refractivity contribution in [3.8, 4) is 0 Å². The van der Waals surface area contributed by atoms with Gasteiger partial charge in [-0.3, -0.25) is 4.79 Å². The summed E-state index contributed by atoms with van der Waals surface area (Å²) >= 11 is 0. The summed E-state index contributed by atoms with van der Waals surface area (Å²) in [6, 6.07) is 6.84. The van der Waals surface area contributed by atoms with Gasteiger partial charge in [-0.1, -0.05) is 70.8 Å². The molecule has 0 aliphatic carbocycles. The van der Waals surface area contributed by atoms with E-state index in [4.69, 9.17) is 10.5 Å². The van der Waals surface area contributed by atoms with E-state index in [9.17, 15) is 9.90 Å². The van der Waals surface area contributed by atoms with Crippen LogP contribution < -0.4 is 5.73 Å². The third kappa shape index (κ3) is 12.4. The van der Waals surface area contributed by atoms with E-state index >= 15 is 0 Å². The highest BCUT2D eigenvalue weighted by molar-refractivity contribution is 5.97. The van der Waals surface area contributed by atoms with Gasteiger partial charge in [0.1, 0.15) is 0 Å². The maximum absolute atomic E-state index is 12.0. The molecule has 0 spiro atoms. The first kappa shape index (κ1) is 23.4. The summed E-state index contributed by atoms with van der Waals surface area (Å²) in [5.41, 5.74) is 6.86. The first-order chi connectivity index (χ1) is 13.1. The van der Waals surface area contributed by atoms with Gasteiger partial charge in [-0.25, -0.2) is 0 Å². The van der Waals surface area contributed by atoms with Gasteiger partial charge < -0.3 is 15.6 Å². The van der Waals surface area contributed by atoms with Crippen LogP contribution in [-0.2, 0) is 4.74 Å². The van der Waals surface area contributed by atoms with Crippen LogP contribution in [0.1, 0.15) is 87.9 Å². The summed E-state index contributed by atoms with van der Waals surface area (Å²) in [4.78, 5) is 12.0. The van der Waals surface area contributed by atoms with Crippen LogP contribution in [0.15, 0.2) is 36.4 Å². The molecule has 1 rings (SSSR count). The molecule has 1 atom stereocenters. The molecule has 0 aromatic heterocycles. The third-order valence-corrected chi connectivity index (χ3v) is 4.62. The van der Waals surface area contributed by atoms with Crippen LogP contribution in [0.3, 0.4) is 0 Å². The molecule has 4 nitrogen and oxygen atoms in total. The molecule has 0 saturated heterocycles. The van der Waals surface area contributed by atoms with Gasteiger partial charge in [0, 0.05) is 17.7 Å². The number of Topliss-reactive ketones (excluding diaryl/α,β-unsaturated/α-hetero) is 1. The highest BCUT2D eigenvalue weighted by atomic mass is 16.6. The Kier molecular flexibility index (Phi) is 13.4. The molecule has 1 aromatic rings. The highest BCUT2D eigenvalue weighted by Crippen LogP contribution is 2.11. The van der Waals surface area contributed by atoms with Crippen molar-refractivity contribution >= 4 is 11.5 Å². The normalized spacial score (nSPS) is 12.5. The molecular weight excluding hydrogens is 338 g/mol. The summed E-state index contributed by atoms with van der Waals surface area (Å²) in [5, 5.41) is 9.78. The number of nitrogens with two attached hydrogens (primary N) is 1. The van der Waals surface area contributed by atoms with Crippen molar-refractivity contribution in [3.05, 3.63) is 42.0 Å². The maximum atomic E-state index is 12.0. The maximum Gasteiger partial charge on any atom is 0.174 e. The molecule has 0 aliphatic heterocycles. The number of aliphatic hydroxyl groups is 1. The lowest BCUT2D eigenvalue weighted by atomic mass is 10.1. The van der Waals surface area contributed by atoms with Crippen LogP contribution >= 0.6 is 0 Å². The molecule has 0 fully saturated rings. The van der Waals surface area contributed by atoms with E-state index < -0.39 is 6.29 Å². The summed E-state index contributed by atoms with van der Waals surface area (Å²) < 4.78 is 5.36. The van der Waals surface area contributed by atoms with E-state index in [1.54, 1.807) is 30.3 Å². The highest BCUT2D eigenvalue weighted by Gasteiger charge is 2.04. The number of rotatable bonds is 16. The second-order valence-corrected chi connectivity index (χ2v) is 7.12. The molecule has 0 radical (unpaired) electrons. The smallest absolute Gasteiger partial charge is 0.174 e. The molecule has 0 saturated carbocycles. The van der Waals surface area contributed by atoms with Gasteiger partial charge in [-0.2, -0.15) is 0 Å². The van der Waals surface area contributed by atoms with Crippen molar-refractivity contribution in [1.29, 1.82) is 0 Å². The molecule has 0 bridgehead atoms. The predicted molar refractivity (Wildman–Crippen MR) is 113 cm³/mol. The second-order valence-electron chi connectivity index (χ2n) is 7.12. The van der Waals surface area contributed by atoms with Crippen molar-refractivity contribution in [2.45, 2.75) is 83.8 Å². The zero-order valence-corrected chi connectivity index (χ0v) is 16.9. The Hall–Kier alpha value is -1.65. The van der Waals surface area contributed by atoms with Crippen LogP contribution in [0.4, 0.5) is 5.69 Å². The number of ether oxygens (including phenoxy) is 1. The Morgan fingerprint density at radius 1 is 1.00 bits per heavy atom. The fourth-order valence-corrected chi connectivity index (χ4v) is 2.93. The summed E-state index contributed by atoms with van der Waals surface area (Å²) in [6.07, 6.45) is 15.2. The Bertz CT molecular complexity index is 525. The number of hydrogen-bond donors (Lipinski definition) is 2. The molecule has 1 aromatic carbocycles. The van der Waals surface area contributed by atoms with Gasteiger partial charge >= 0.3 is 0 Å². The molecule has 0 amide bonds. The quantitative estimate of drug-likeness (QED) is 0.129. The standard InChI is InChI=1S/C23H37NO3/c1-2-3-4-5-6-7-8-9-10-11-19-27-23(26)14-12-13-22(25)20-15-17-21(24)18-16-20/h12,14-18,23,26H,2-11,13,19,24H2,1H3. The Morgan fingerprint density at radius 3 is 2.15 bits per heavy atom. The van der Waals surface area contributed by atoms with Gasteiger partial charge in [-0.05, 0) is 36.8 Å². The van der Waals surface area contributed by atoms with Crippen molar-refractivity contribution in [1.82, 2.24) is 0 Å². The summed E-state index contributed by atoms with van der Waals surface area (Å²) in [5.74, 6) is -0.00635. The fourth-order valence-electron chi connectivity index (χ4n) is 2.93. The lowest BCUT2D eigenvalue weighted by Gasteiger charge is -2.08. The lowest BCUT2D eigenvalue weighted by Crippen LogP contribution is -2.09. The number of unbranched alkanes of at least 4 members (excludes halogenated alkanes) is 9. The number of carbonyl (C=O) groups excluding carboxylic acids is 1. The number of anilines is 1. The number of nitrogen functional groups attached to an aromatic ring is 1. The Morgan fingerprint density at radius 2 is 1.56 bits per heavy atom. The van der Waals surface area contributed by atoms with Crippen molar-refractivity contribution in [2.75, 3.05) is 12.3 Å². The van der Waals surface area contributed by atoms with Gasteiger partial charge in [0.05, 0.1) is 6.61 Å². The van der Waals surface area contributed by atoms with Crippen LogP contribution in [0.2, 0.25) is 0 Å². The molecule has 1 unspecified atom stereocenters. The predicted octanol–water partition coefficient (Wildman–Crippen LogP) is 5.65. The summed E-state index contributed by atoms with van der Waals surface area (Å²) in [7, 11) is 0. The third-order valence-electron chi connectivity index (χ3n) is 4.62. The number of ketones is 1.